The molecule has 0 unspecified atom stereocenters. The monoisotopic (exact) mass is 456 g/mol. The van der Waals surface area contributed by atoms with Gasteiger partial charge in [0.05, 0.1) is 16.0 Å². The molecule has 2 heterocycles. The highest BCUT2D eigenvalue weighted by molar-refractivity contribution is 7.89. The Hall–Kier alpha value is -3.08. The van der Waals surface area contributed by atoms with E-state index in [1.807, 2.05) is 0 Å². The van der Waals surface area contributed by atoms with E-state index in [0.29, 0.717) is 50.4 Å². The van der Waals surface area contributed by atoms with Gasteiger partial charge in [-0.2, -0.15) is 4.31 Å². The predicted molar refractivity (Wildman–Crippen MR) is 116 cm³/mol. The minimum absolute atomic E-state index is 0.286. The molecule has 168 valence electrons. The van der Waals surface area contributed by atoms with E-state index in [-0.39, 0.29) is 11.4 Å². The Morgan fingerprint density at radius 3 is 2.00 bits per heavy atom. The number of rotatable bonds is 7. The smallest absolute Gasteiger partial charge is 0.262 e. The first-order valence-electron chi connectivity index (χ1n) is 10.4. The van der Waals surface area contributed by atoms with Crippen LogP contribution in [-0.2, 0) is 14.8 Å². The van der Waals surface area contributed by atoms with Crippen LogP contribution >= 0.6 is 0 Å². The van der Waals surface area contributed by atoms with Gasteiger partial charge in [0, 0.05) is 39.3 Å². The lowest BCUT2D eigenvalue weighted by atomic mass is 10.1. The lowest BCUT2D eigenvalue weighted by Gasteiger charge is -2.34. The van der Waals surface area contributed by atoms with Crippen LogP contribution in [-0.4, -0.2) is 86.1 Å². The molecule has 0 atom stereocenters. The molecule has 1 fully saturated rings. The number of nitrogens with one attached hydrogen (secondary N) is 1. The third kappa shape index (κ3) is 4.43. The van der Waals surface area contributed by atoms with E-state index in [1.54, 1.807) is 54.6 Å². The number of nitrogens with zero attached hydrogens (tertiary/aromatic N) is 3. The number of hydrogen-bond acceptors (Lipinski definition) is 6. The summed E-state index contributed by atoms with van der Waals surface area (Å²) in [5.41, 5.74) is 0.627. The molecular formula is C22H24N4O5S. The Labute approximate surface area is 186 Å². The molecule has 32 heavy (non-hydrogen) atoms. The topological polar surface area (TPSA) is 107 Å². The lowest BCUT2D eigenvalue weighted by Crippen LogP contribution is -2.50. The average molecular weight is 457 g/mol. The van der Waals surface area contributed by atoms with Crippen molar-refractivity contribution < 1.29 is 22.8 Å². The highest BCUT2D eigenvalue weighted by Gasteiger charge is 2.36. The maximum atomic E-state index is 12.7. The molecule has 0 bridgehead atoms. The summed E-state index contributed by atoms with van der Waals surface area (Å²) < 4.78 is 26.8. The Morgan fingerprint density at radius 2 is 1.41 bits per heavy atom. The lowest BCUT2D eigenvalue weighted by molar-refractivity contribution is -0.121. The van der Waals surface area contributed by atoms with E-state index in [2.05, 4.69) is 10.2 Å². The summed E-state index contributed by atoms with van der Waals surface area (Å²) in [7, 11) is -3.50. The van der Waals surface area contributed by atoms with Crippen LogP contribution in [0.2, 0.25) is 0 Å². The molecule has 1 N–H and O–H groups in total. The van der Waals surface area contributed by atoms with Crippen LogP contribution in [0.4, 0.5) is 0 Å². The first-order chi connectivity index (χ1) is 15.4. The third-order valence-corrected chi connectivity index (χ3v) is 7.56. The van der Waals surface area contributed by atoms with Gasteiger partial charge in [0.15, 0.2) is 0 Å². The molecule has 0 saturated carbocycles. The molecule has 0 aliphatic carbocycles. The van der Waals surface area contributed by atoms with Gasteiger partial charge < -0.3 is 5.32 Å². The van der Waals surface area contributed by atoms with Gasteiger partial charge in [-0.1, -0.05) is 30.3 Å². The summed E-state index contributed by atoms with van der Waals surface area (Å²) in [6.45, 7) is 2.43. The SMILES string of the molecule is O=C(CN1C(=O)c2ccccc2C1=O)NCCN1CCN(S(=O)(=O)c2ccccc2)CC1. The minimum Gasteiger partial charge on any atom is -0.353 e. The van der Waals surface area contributed by atoms with Crippen LogP contribution in [0.3, 0.4) is 0 Å². The summed E-state index contributed by atoms with van der Waals surface area (Å²) >= 11 is 0. The number of carbonyl (C=O) groups excluding carboxylic acids is 3. The zero-order chi connectivity index (χ0) is 22.7. The predicted octanol–water partition coefficient (Wildman–Crippen LogP) is 0.405. The molecule has 0 spiro atoms. The van der Waals surface area contributed by atoms with Gasteiger partial charge in [-0.15, -0.1) is 0 Å². The number of carbonyl (C=O) groups is 3. The largest absolute Gasteiger partial charge is 0.353 e. The Balaban J connectivity index is 1.21. The maximum absolute atomic E-state index is 12.7. The highest BCUT2D eigenvalue weighted by Crippen LogP contribution is 2.22. The van der Waals surface area contributed by atoms with Gasteiger partial charge in [0.2, 0.25) is 15.9 Å². The molecule has 4 rings (SSSR count). The molecule has 0 aromatic heterocycles. The van der Waals surface area contributed by atoms with Crippen LogP contribution in [0.15, 0.2) is 59.5 Å². The summed E-state index contributed by atoms with van der Waals surface area (Å²) in [5, 5.41) is 2.73. The van der Waals surface area contributed by atoms with Crippen LogP contribution in [0.5, 0.6) is 0 Å². The molecule has 3 amide bonds. The second-order valence-corrected chi connectivity index (χ2v) is 9.59. The van der Waals surface area contributed by atoms with E-state index >= 15 is 0 Å². The Bertz CT molecular complexity index is 1090. The maximum Gasteiger partial charge on any atom is 0.262 e. The van der Waals surface area contributed by atoms with Gasteiger partial charge in [-0.25, -0.2) is 8.42 Å². The zero-order valence-corrected chi connectivity index (χ0v) is 18.3. The average Bonchev–Trinajstić information content (AvgIpc) is 3.05. The molecule has 1 saturated heterocycles. The summed E-state index contributed by atoms with van der Waals surface area (Å²) in [6.07, 6.45) is 0. The fourth-order valence-electron chi connectivity index (χ4n) is 3.87. The normalized spacial score (nSPS) is 17.4. The van der Waals surface area contributed by atoms with Crippen molar-refractivity contribution in [2.24, 2.45) is 0 Å². The van der Waals surface area contributed by atoms with E-state index < -0.39 is 27.7 Å². The van der Waals surface area contributed by atoms with Crippen LogP contribution in [0, 0.1) is 0 Å². The number of imide groups is 1. The minimum atomic E-state index is -3.50. The van der Waals surface area contributed by atoms with Crippen LogP contribution < -0.4 is 5.32 Å². The molecule has 9 nitrogen and oxygen atoms in total. The van der Waals surface area contributed by atoms with E-state index in [0.717, 1.165) is 4.90 Å². The van der Waals surface area contributed by atoms with Crippen LogP contribution in [0.25, 0.3) is 0 Å². The van der Waals surface area contributed by atoms with Gasteiger partial charge in [0.25, 0.3) is 11.8 Å². The quantitative estimate of drug-likeness (QED) is 0.605. The van der Waals surface area contributed by atoms with Gasteiger partial charge in [0.1, 0.15) is 6.54 Å². The van der Waals surface area contributed by atoms with Gasteiger partial charge in [-0.3, -0.25) is 24.2 Å². The standard InChI is InChI=1S/C22H24N4O5S/c27-20(16-26-21(28)18-8-4-5-9-19(18)22(26)29)23-10-11-24-12-14-25(15-13-24)32(30,31)17-6-2-1-3-7-17/h1-9H,10-16H2,(H,23,27). The second-order valence-electron chi connectivity index (χ2n) is 7.65. The van der Waals surface area contributed by atoms with Crippen molar-refractivity contribution in [3.05, 3.63) is 65.7 Å². The molecule has 2 aliphatic heterocycles. The molecule has 2 aromatic carbocycles. The fraction of sp³-hybridized carbons (Fsp3) is 0.318. The molecule has 2 aliphatic rings. The second kappa shape index (κ2) is 9.19. The summed E-state index contributed by atoms with van der Waals surface area (Å²) in [5.74, 6) is -1.34. The number of piperazine rings is 1. The fourth-order valence-corrected chi connectivity index (χ4v) is 5.31. The molecular weight excluding hydrogens is 432 g/mol. The number of amides is 3. The summed E-state index contributed by atoms with van der Waals surface area (Å²) in [6, 6.07) is 14.9. The Morgan fingerprint density at radius 1 is 0.844 bits per heavy atom. The van der Waals surface area contributed by atoms with Crippen LogP contribution in [0.1, 0.15) is 20.7 Å². The van der Waals surface area contributed by atoms with Crippen molar-refractivity contribution in [2.75, 3.05) is 45.8 Å². The number of benzene rings is 2. The van der Waals surface area contributed by atoms with E-state index in [1.165, 1.54) is 4.31 Å². The molecule has 2 aromatic rings. The van der Waals surface area contributed by atoms with Crippen molar-refractivity contribution >= 4 is 27.7 Å². The molecule has 10 heteroatoms. The third-order valence-electron chi connectivity index (χ3n) is 5.64. The first kappa shape index (κ1) is 22.1. The Kier molecular flexibility index (Phi) is 6.35. The summed E-state index contributed by atoms with van der Waals surface area (Å²) in [4.78, 5) is 40.2. The van der Waals surface area contributed by atoms with E-state index in [9.17, 15) is 22.8 Å². The molecule has 0 radical (unpaired) electrons. The first-order valence-corrected chi connectivity index (χ1v) is 11.8. The number of fused-ring (bicyclic) bond motifs is 1. The van der Waals surface area contributed by atoms with Crippen molar-refractivity contribution in [1.29, 1.82) is 0 Å². The van der Waals surface area contributed by atoms with Crippen molar-refractivity contribution in [2.45, 2.75) is 4.90 Å². The number of sulfonamides is 1. The highest BCUT2D eigenvalue weighted by atomic mass is 32.2. The zero-order valence-electron chi connectivity index (χ0n) is 17.4. The van der Waals surface area contributed by atoms with Gasteiger partial charge in [-0.05, 0) is 24.3 Å². The number of hydrogen-bond donors (Lipinski definition) is 1. The van der Waals surface area contributed by atoms with Crippen molar-refractivity contribution in [3.63, 3.8) is 0 Å². The van der Waals surface area contributed by atoms with E-state index in [4.69, 9.17) is 0 Å². The van der Waals surface area contributed by atoms with Gasteiger partial charge >= 0.3 is 0 Å². The van der Waals surface area contributed by atoms with Crippen molar-refractivity contribution in [1.82, 2.24) is 19.4 Å². The van der Waals surface area contributed by atoms with Crippen molar-refractivity contribution in [3.8, 4) is 0 Å².